The van der Waals surface area contributed by atoms with E-state index < -0.39 is 12.5 Å². The first-order valence-corrected chi connectivity index (χ1v) is 12.0. The quantitative estimate of drug-likeness (QED) is 0.268. The first kappa shape index (κ1) is 24.5. The van der Waals surface area contributed by atoms with Gasteiger partial charge in [-0.2, -0.15) is 24.1 Å². The summed E-state index contributed by atoms with van der Waals surface area (Å²) in [6.45, 7) is -1.62. The number of hydrogen-bond acceptors (Lipinski definition) is 8. The Balaban J connectivity index is 1.29. The molecule has 1 aliphatic heterocycles. The van der Waals surface area contributed by atoms with Gasteiger partial charge in [0.2, 0.25) is 0 Å². The summed E-state index contributed by atoms with van der Waals surface area (Å²) in [6.07, 6.45) is 10.6. The van der Waals surface area contributed by atoms with Gasteiger partial charge in [-0.25, -0.2) is 9.50 Å². The smallest absolute Gasteiger partial charge is 0.387 e. The average Bonchev–Trinajstić information content (AvgIpc) is 3.28. The molecular weight excluding hydrogens is 514 g/mol. The van der Waals surface area contributed by atoms with Crippen molar-refractivity contribution in [1.82, 2.24) is 34.2 Å². The Hall–Kier alpha value is -4.85. The van der Waals surface area contributed by atoms with Crippen LogP contribution in [0.3, 0.4) is 0 Å². The van der Waals surface area contributed by atoms with Crippen LogP contribution in [0.15, 0.2) is 61.4 Å². The average molecular weight is 536 g/mol. The summed E-state index contributed by atoms with van der Waals surface area (Å²) >= 11 is 0. The zero-order valence-electron chi connectivity index (χ0n) is 20.6. The molecule has 200 valence electrons. The number of epoxide rings is 1. The highest BCUT2D eigenvalue weighted by atomic mass is 19.3. The number of halogens is 2. The Bertz CT molecular complexity index is 1640. The third-order valence-electron chi connectivity index (χ3n) is 5.95. The normalized spacial score (nSPS) is 14.6. The molecule has 14 heteroatoms. The van der Waals surface area contributed by atoms with E-state index in [1.54, 1.807) is 48.8 Å². The van der Waals surface area contributed by atoms with Crippen molar-refractivity contribution in [1.29, 1.82) is 0 Å². The maximum atomic E-state index is 13.3. The van der Waals surface area contributed by atoms with Gasteiger partial charge < -0.3 is 19.5 Å². The lowest BCUT2D eigenvalue weighted by Crippen LogP contribution is -2.12. The van der Waals surface area contributed by atoms with E-state index in [2.05, 4.69) is 25.6 Å². The molecule has 5 heterocycles. The number of amides is 1. The molecule has 1 N–H and O–H groups in total. The van der Waals surface area contributed by atoms with Crippen LogP contribution in [0.1, 0.15) is 16.8 Å². The SMILES string of the molecule is Cn1cc(NC(=O)c2cnn3cccnc23)c(-c2cc(Oc3cnn(CCC4CO4)c3)ccc2OC(F)F)n1. The number of fused-ring (bicyclic) bond motifs is 1. The number of anilines is 1. The van der Waals surface area contributed by atoms with Gasteiger partial charge in [0.05, 0.1) is 42.6 Å². The molecule has 12 nitrogen and oxygen atoms in total. The van der Waals surface area contributed by atoms with Crippen LogP contribution in [0.25, 0.3) is 16.9 Å². The van der Waals surface area contributed by atoms with Crippen molar-refractivity contribution in [2.75, 3.05) is 11.9 Å². The zero-order valence-corrected chi connectivity index (χ0v) is 20.6. The second kappa shape index (κ2) is 10.1. The minimum absolute atomic E-state index is 0.135. The summed E-state index contributed by atoms with van der Waals surface area (Å²) in [4.78, 5) is 17.3. The van der Waals surface area contributed by atoms with Crippen LogP contribution >= 0.6 is 0 Å². The molecule has 1 amide bonds. The molecule has 1 aromatic carbocycles. The molecular formula is C25H22F2N8O4. The summed E-state index contributed by atoms with van der Waals surface area (Å²) in [5, 5.41) is 15.6. The van der Waals surface area contributed by atoms with Gasteiger partial charge in [0.25, 0.3) is 5.91 Å². The summed E-state index contributed by atoms with van der Waals surface area (Å²) in [7, 11) is 1.64. The third kappa shape index (κ3) is 5.40. The predicted molar refractivity (Wildman–Crippen MR) is 133 cm³/mol. The Labute approximate surface area is 219 Å². The zero-order chi connectivity index (χ0) is 26.9. The molecule has 1 unspecified atom stereocenters. The maximum Gasteiger partial charge on any atom is 0.387 e. The van der Waals surface area contributed by atoms with Crippen LogP contribution < -0.4 is 14.8 Å². The molecule has 5 aromatic rings. The molecule has 4 aromatic heterocycles. The third-order valence-corrected chi connectivity index (χ3v) is 5.95. The second-order valence-corrected chi connectivity index (χ2v) is 8.79. The van der Waals surface area contributed by atoms with Crippen molar-refractivity contribution in [2.24, 2.45) is 7.05 Å². The summed E-state index contributed by atoms with van der Waals surface area (Å²) in [5.74, 6) is 0.178. The number of alkyl halides is 2. The van der Waals surface area contributed by atoms with E-state index in [-0.39, 0.29) is 34.4 Å². The highest BCUT2D eigenvalue weighted by Gasteiger charge is 2.23. The lowest BCUT2D eigenvalue weighted by molar-refractivity contribution is -0.0494. The van der Waals surface area contributed by atoms with Gasteiger partial charge in [-0.1, -0.05) is 0 Å². The van der Waals surface area contributed by atoms with Crippen molar-refractivity contribution < 1.29 is 27.8 Å². The van der Waals surface area contributed by atoms with Crippen LogP contribution in [0, 0.1) is 0 Å². The van der Waals surface area contributed by atoms with E-state index in [0.29, 0.717) is 23.7 Å². The minimum Gasteiger partial charge on any atom is -0.454 e. The fraction of sp³-hybridized carbons (Fsp3) is 0.240. The number of rotatable bonds is 10. The van der Waals surface area contributed by atoms with Crippen molar-refractivity contribution in [2.45, 2.75) is 25.7 Å². The number of carbonyl (C=O) groups excluding carboxylic acids is 1. The van der Waals surface area contributed by atoms with Gasteiger partial charge in [0.15, 0.2) is 11.4 Å². The highest BCUT2D eigenvalue weighted by Crippen LogP contribution is 2.38. The highest BCUT2D eigenvalue weighted by molar-refractivity contribution is 6.09. The standard InChI is InChI=1S/C25H22F2N8O4/c1-33-13-20(31-24(36)19-11-30-35-7-2-6-28-23(19)35)22(32-33)18-9-15(3-4-21(18)39-25(26)27)38-17-10-29-34(12-17)8-5-16-14-37-16/h2-4,6-7,9-13,16,25H,5,8,14H2,1H3,(H,31,36). The summed E-state index contributed by atoms with van der Waals surface area (Å²) in [5.41, 5.74) is 1.26. The molecule has 1 aliphatic rings. The van der Waals surface area contributed by atoms with Crippen molar-refractivity contribution >= 4 is 17.2 Å². The van der Waals surface area contributed by atoms with Gasteiger partial charge >= 0.3 is 6.61 Å². The molecule has 0 spiro atoms. The second-order valence-electron chi connectivity index (χ2n) is 8.79. The van der Waals surface area contributed by atoms with E-state index in [1.807, 2.05) is 0 Å². The van der Waals surface area contributed by atoms with E-state index in [9.17, 15) is 13.6 Å². The number of benzene rings is 1. The van der Waals surface area contributed by atoms with Gasteiger partial charge in [0, 0.05) is 32.2 Å². The van der Waals surface area contributed by atoms with E-state index in [4.69, 9.17) is 14.2 Å². The largest absolute Gasteiger partial charge is 0.454 e. The monoisotopic (exact) mass is 536 g/mol. The lowest BCUT2D eigenvalue weighted by Gasteiger charge is -2.13. The van der Waals surface area contributed by atoms with Crippen LogP contribution in [-0.4, -0.2) is 59.4 Å². The molecule has 0 radical (unpaired) electrons. The van der Waals surface area contributed by atoms with Crippen molar-refractivity contribution in [3.63, 3.8) is 0 Å². The fourth-order valence-electron chi connectivity index (χ4n) is 4.08. The lowest BCUT2D eigenvalue weighted by atomic mass is 10.1. The summed E-state index contributed by atoms with van der Waals surface area (Å²) < 4.78 is 47.1. The first-order chi connectivity index (χ1) is 18.9. The Kier molecular flexibility index (Phi) is 6.36. The van der Waals surface area contributed by atoms with Gasteiger partial charge in [-0.15, -0.1) is 0 Å². The number of aromatic nitrogens is 7. The number of hydrogen-bond donors (Lipinski definition) is 1. The predicted octanol–water partition coefficient (Wildman–Crippen LogP) is 3.76. The molecule has 1 fully saturated rings. The first-order valence-electron chi connectivity index (χ1n) is 12.0. The molecule has 0 bridgehead atoms. The minimum atomic E-state index is -3.07. The van der Waals surface area contributed by atoms with Gasteiger partial charge in [0.1, 0.15) is 22.8 Å². The molecule has 39 heavy (non-hydrogen) atoms. The number of aryl methyl sites for hydroxylation is 2. The van der Waals surface area contributed by atoms with Crippen molar-refractivity contribution in [3.05, 3.63) is 67.0 Å². The van der Waals surface area contributed by atoms with Gasteiger partial charge in [-0.3, -0.25) is 14.2 Å². The Morgan fingerprint density at radius 3 is 2.92 bits per heavy atom. The molecule has 6 rings (SSSR count). The number of nitrogens with one attached hydrogen (secondary N) is 1. The van der Waals surface area contributed by atoms with Crippen LogP contribution in [0.4, 0.5) is 14.5 Å². The van der Waals surface area contributed by atoms with Crippen LogP contribution in [0.5, 0.6) is 17.2 Å². The van der Waals surface area contributed by atoms with E-state index in [0.717, 1.165) is 13.0 Å². The van der Waals surface area contributed by atoms with Crippen LogP contribution in [0.2, 0.25) is 0 Å². The van der Waals surface area contributed by atoms with E-state index in [1.165, 1.54) is 33.6 Å². The number of ether oxygens (including phenoxy) is 3. The van der Waals surface area contributed by atoms with Crippen LogP contribution in [-0.2, 0) is 18.3 Å². The van der Waals surface area contributed by atoms with Gasteiger partial charge in [-0.05, 0) is 30.7 Å². The maximum absolute atomic E-state index is 13.3. The Morgan fingerprint density at radius 1 is 1.23 bits per heavy atom. The molecule has 1 atom stereocenters. The molecule has 0 aliphatic carbocycles. The summed E-state index contributed by atoms with van der Waals surface area (Å²) in [6, 6.07) is 6.07. The fourth-order valence-corrected chi connectivity index (χ4v) is 4.08. The number of nitrogens with zero attached hydrogens (tertiary/aromatic N) is 7. The number of carbonyl (C=O) groups is 1. The molecule has 1 saturated heterocycles. The van der Waals surface area contributed by atoms with Crippen molar-refractivity contribution in [3.8, 4) is 28.5 Å². The topological polar surface area (TPSA) is 126 Å². The Morgan fingerprint density at radius 2 is 2.10 bits per heavy atom. The molecule has 0 saturated carbocycles. The van der Waals surface area contributed by atoms with E-state index >= 15 is 0 Å².